The Morgan fingerprint density at radius 3 is 2.53 bits per heavy atom. The largest absolute Gasteiger partial charge is 0.353 e. The molecule has 3 aromatic rings. The van der Waals surface area contributed by atoms with Crippen molar-refractivity contribution < 1.29 is 14.0 Å². The molecule has 1 unspecified atom stereocenters. The van der Waals surface area contributed by atoms with Gasteiger partial charge in [0, 0.05) is 24.1 Å². The Morgan fingerprint density at radius 1 is 1.18 bits per heavy atom. The van der Waals surface area contributed by atoms with Crippen LogP contribution >= 0.6 is 11.8 Å². The number of nitrogens with zero attached hydrogens (tertiary/aromatic N) is 4. The molecule has 202 valence electrons. The Labute approximate surface area is 228 Å². The number of aryl methyl sites for hydroxylation is 1. The Hall–Kier alpha value is -3.17. The Kier molecular flexibility index (Phi) is 8.28. The van der Waals surface area contributed by atoms with E-state index in [0.29, 0.717) is 18.9 Å². The zero-order valence-corrected chi connectivity index (χ0v) is 23.7. The zero-order valence-electron chi connectivity index (χ0n) is 22.9. The number of benzene rings is 2. The van der Waals surface area contributed by atoms with Gasteiger partial charge in [-0.1, -0.05) is 50.6 Å². The van der Waals surface area contributed by atoms with Crippen molar-refractivity contribution in [3.8, 4) is 5.69 Å². The highest BCUT2D eigenvalue weighted by Crippen LogP contribution is 2.48. The summed E-state index contributed by atoms with van der Waals surface area (Å²) in [6, 6.07) is 14.4. The molecular weight excluding hydrogens is 501 g/mol. The number of fused-ring (bicyclic) bond motifs is 1. The minimum absolute atomic E-state index is 0.128. The Bertz CT molecular complexity index is 1310. The summed E-state index contributed by atoms with van der Waals surface area (Å²) in [4.78, 5) is 30.2. The first kappa shape index (κ1) is 27.9. The van der Waals surface area contributed by atoms with Crippen LogP contribution in [-0.4, -0.2) is 66.0 Å². The number of nitrogens with one attached hydrogen (secondary N) is 1. The van der Waals surface area contributed by atoms with Crippen LogP contribution in [0.1, 0.15) is 48.4 Å². The minimum Gasteiger partial charge on any atom is -0.353 e. The number of rotatable bonds is 7. The summed E-state index contributed by atoms with van der Waals surface area (Å²) in [5.41, 5.74) is 3.92. The fourth-order valence-corrected chi connectivity index (χ4v) is 5.68. The van der Waals surface area contributed by atoms with Gasteiger partial charge in [-0.3, -0.25) is 14.5 Å². The van der Waals surface area contributed by atoms with Crippen LogP contribution < -0.4 is 10.2 Å². The van der Waals surface area contributed by atoms with E-state index >= 15 is 0 Å². The van der Waals surface area contributed by atoms with E-state index in [1.54, 1.807) is 15.6 Å². The van der Waals surface area contributed by atoms with Gasteiger partial charge in [0.05, 0.1) is 22.4 Å². The fraction of sp³-hybridized carbons (Fsp3) is 0.414. The lowest BCUT2D eigenvalue weighted by molar-refractivity contribution is -0.122. The standard InChI is InChI=1S/C29H36FN5O2S/c1-19-10-12-22(13-11-19)35-28-25(27(32-35)29(2,3)4)26(20-8-7-9-21(30)16-20)38-18-24(37)34(28)17-23(36)31-14-15-33(5)6/h7-13,16,26H,14-15,17-18H2,1-6H3,(H,31,36). The molecule has 0 spiro atoms. The zero-order chi connectivity index (χ0) is 27.6. The number of amides is 2. The molecule has 9 heteroatoms. The SMILES string of the molecule is Cc1ccc(-n2nc(C(C)(C)C)c3c2N(CC(=O)NCCN(C)C)C(=O)CSC3c2cccc(F)c2)cc1. The summed E-state index contributed by atoms with van der Waals surface area (Å²) >= 11 is 1.44. The number of carbonyl (C=O) groups excluding carboxylic acids is 2. The van der Waals surface area contributed by atoms with Crippen LogP contribution in [0.2, 0.25) is 0 Å². The second-order valence-corrected chi connectivity index (χ2v) is 12.1. The van der Waals surface area contributed by atoms with Crippen LogP contribution in [0.5, 0.6) is 0 Å². The van der Waals surface area contributed by atoms with Crippen LogP contribution in [0.3, 0.4) is 0 Å². The predicted octanol–water partition coefficient (Wildman–Crippen LogP) is 4.46. The minimum atomic E-state index is -0.376. The summed E-state index contributed by atoms with van der Waals surface area (Å²) in [6.45, 7) is 9.29. The fourth-order valence-electron chi connectivity index (χ4n) is 4.49. The maximum absolute atomic E-state index is 14.4. The van der Waals surface area contributed by atoms with Crippen molar-refractivity contribution in [2.75, 3.05) is 44.4 Å². The smallest absolute Gasteiger partial charge is 0.240 e. The lowest BCUT2D eigenvalue weighted by Gasteiger charge is -2.24. The molecule has 0 saturated heterocycles. The van der Waals surface area contributed by atoms with Crippen LogP contribution in [0.15, 0.2) is 48.5 Å². The van der Waals surface area contributed by atoms with Crippen LogP contribution in [0.25, 0.3) is 5.69 Å². The highest BCUT2D eigenvalue weighted by atomic mass is 32.2. The second-order valence-electron chi connectivity index (χ2n) is 11.0. The van der Waals surface area contributed by atoms with E-state index in [4.69, 9.17) is 5.10 Å². The van der Waals surface area contributed by atoms with E-state index in [9.17, 15) is 14.0 Å². The number of thioether (sulfide) groups is 1. The predicted molar refractivity (Wildman–Crippen MR) is 152 cm³/mol. The van der Waals surface area contributed by atoms with Gasteiger partial charge in [0.1, 0.15) is 18.2 Å². The molecular formula is C29H36FN5O2S. The van der Waals surface area contributed by atoms with Gasteiger partial charge in [-0.2, -0.15) is 5.10 Å². The topological polar surface area (TPSA) is 70.5 Å². The summed E-state index contributed by atoms with van der Waals surface area (Å²) in [5.74, 6) is -0.0504. The van der Waals surface area contributed by atoms with Gasteiger partial charge >= 0.3 is 0 Å². The van der Waals surface area contributed by atoms with Gasteiger partial charge in [0.2, 0.25) is 11.8 Å². The molecule has 2 amide bonds. The lowest BCUT2D eigenvalue weighted by Crippen LogP contribution is -2.43. The maximum Gasteiger partial charge on any atom is 0.240 e. The first-order valence-corrected chi connectivity index (χ1v) is 13.8. The lowest BCUT2D eigenvalue weighted by atomic mass is 9.87. The molecule has 0 bridgehead atoms. The van der Waals surface area contributed by atoms with Gasteiger partial charge in [-0.15, -0.1) is 11.8 Å². The van der Waals surface area contributed by atoms with Crippen molar-refractivity contribution in [2.45, 2.75) is 38.4 Å². The van der Waals surface area contributed by atoms with Crippen molar-refractivity contribution in [1.29, 1.82) is 0 Å². The molecule has 1 aromatic heterocycles. The molecule has 0 aliphatic carbocycles. The molecule has 1 aliphatic heterocycles. The molecule has 2 heterocycles. The number of anilines is 1. The third-order valence-electron chi connectivity index (χ3n) is 6.41. The highest BCUT2D eigenvalue weighted by Gasteiger charge is 2.40. The number of aromatic nitrogens is 2. The molecule has 4 rings (SSSR count). The first-order valence-electron chi connectivity index (χ1n) is 12.7. The summed E-state index contributed by atoms with van der Waals surface area (Å²) < 4.78 is 16.2. The highest BCUT2D eigenvalue weighted by molar-refractivity contribution is 8.00. The molecule has 1 aliphatic rings. The molecule has 1 N–H and O–H groups in total. The van der Waals surface area contributed by atoms with E-state index < -0.39 is 0 Å². The molecule has 38 heavy (non-hydrogen) atoms. The Balaban J connectivity index is 1.92. The van der Waals surface area contributed by atoms with Crippen LogP contribution in [0, 0.1) is 12.7 Å². The van der Waals surface area contributed by atoms with Gasteiger partial charge in [-0.05, 0) is 50.8 Å². The summed E-state index contributed by atoms with van der Waals surface area (Å²) in [6.07, 6.45) is 0. The van der Waals surface area contributed by atoms with Gasteiger partial charge in [0.15, 0.2) is 0 Å². The van der Waals surface area contributed by atoms with Gasteiger partial charge < -0.3 is 10.2 Å². The van der Waals surface area contributed by atoms with Gasteiger partial charge in [-0.25, -0.2) is 9.07 Å². The summed E-state index contributed by atoms with van der Waals surface area (Å²) in [7, 11) is 3.88. The van der Waals surface area contributed by atoms with Crippen molar-refractivity contribution >= 4 is 29.4 Å². The summed E-state index contributed by atoms with van der Waals surface area (Å²) in [5, 5.41) is 7.65. The van der Waals surface area contributed by atoms with E-state index in [2.05, 4.69) is 26.1 Å². The number of halogens is 1. The average Bonchev–Trinajstić information content (AvgIpc) is 3.17. The molecule has 0 fully saturated rings. The van der Waals surface area contributed by atoms with Crippen molar-refractivity contribution in [2.24, 2.45) is 0 Å². The van der Waals surface area contributed by atoms with E-state index in [-0.39, 0.29) is 40.6 Å². The van der Waals surface area contributed by atoms with E-state index in [1.807, 2.05) is 56.3 Å². The first-order chi connectivity index (χ1) is 18.0. The molecule has 7 nitrogen and oxygen atoms in total. The van der Waals surface area contributed by atoms with Crippen molar-refractivity contribution in [3.63, 3.8) is 0 Å². The van der Waals surface area contributed by atoms with Crippen LogP contribution in [0.4, 0.5) is 10.2 Å². The molecule has 1 atom stereocenters. The van der Waals surface area contributed by atoms with E-state index in [0.717, 1.165) is 28.1 Å². The van der Waals surface area contributed by atoms with Crippen molar-refractivity contribution in [3.05, 3.63) is 76.7 Å². The van der Waals surface area contributed by atoms with Gasteiger partial charge in [0.25, 0.3) is 0 Å². The number of hydrogen-bond acceptors (Lipinski definition) is 5. The molecule has 2 aromatic carbocycles. The van der Waals surface area contributed by atoms with Crippen molar-refractivity contribution in [1.82, 2.24) is 20.0 Å². The number of likely N-dealkylation sites (N-methyl/N-ethyl adjacent to an activating group) is 1. The maximum atomic E-state index is 14.4. The third kappa shape index (κ3) is 6.10. The second kappa shape index (κ2) is 11.3. The number of hydrogen-bond donors (Lipinski definition) is 1. The number of carbonyl (C=O) groups is 2. The average molecular weight is 538 g/mol. The molecule has 0 saturated carbocycles. The Morgan fingerprint density at radius 2 is 1.89 bits per heavy atom. The normalized spacial score (nSPS) is 15.9. The third-order valence-corrected chi connectivity index (χ3v) is 7.67. The van der Waals surface area contributed by atoms with Crippen LogP contribution in [-0.2, 0) is 15.0 Å². The monoisotopic (exact) mass is 537 g/mol. The molecule has 0 radical (unpaired) electrons. The quantitative estimate of drug-likeness (QED) is 0.482. The van der Waals surface area contributed by atoms with E-state index in [1.165, 1.54) is 23.9 Å².